The maximum absolute atomic E-state index is 13.0. The predicted molar refractivity (Wildman–Crippen MR) is 71.6 cm³/mol. The third-order valence-electron chi connectivity index (χ3n) is 2.46. The van der Waals surface area contributed by atoms with Crippen LogP contribution in [-0.2, 0) is 10.9 Å². The molecule has 0 atom stereocenters. The lowest BCUT2D eigenvalue weighted by Gasteiger charge is -2.11. The third-order valence-corrected chi connectivity index (χ3v) is 4.00. The number of benzene rings is 1. The second-order valence-electron chi connectivity index (χ2n) is 3.68. The van der Waals surface area contributed by atoms with Crippen molar-refractivity contribution >= 4 is 33.2 Å². The Hall–Kier alpha value is -1.41. The number of thiazole rings is 1. The molecule has 0 aliphatic heterocycles. The van der Waals surface area contributed by atoms with Crippen LogP contribution in [0.4, 0.5) is 13.2 Å². The summed E-state index contributed by atoms with van der Waals surface area (Å²) in [6.07, 6.45) is -4.51. The summed E-state index contributed by atoms with van der Waals surface area (Å²) in [5, 5.41) is 0. The number of esters is 1. The molecule has 2 rings (SSSR count). The number of alkyl halides is 3. The van der Waals surface area contributed by atoms with E-state index in [4.69, 9.17) is 0 Å². The smallest absolute Gasteiger partial charge is 0.417 e. The summed E-state index contributed by atoms with van der Waals surface area (Å²) in [5.41, 5.74) is -1.05. The van der Waals surface area contributed by atoms with Gasteiger partial charge < -0.3 is 4.74 Å². The van der Waals surface area contributed by atoms with Gasteiger partial charge >= 0.3 is 12.1 Å². The lowest BCUT2D eigenvalue weighted by atomic mass is 10.0. The van der Waals surface area contributed by atoms with Crippen LogP contribution in [-0.4, -0.2) is 18.1 Å². The van der Waals surface area contributed by atoms with Gasteiger partial charge in [0.05, 0.1) is 17.6 Å². The molecule has 0 bridgehead atoms. The second-order valence-corrected chi connectivity index (χ2v) is 5.95. The molecule has 0 radical (unpaired) electrons. The molecule has 2 aromatic rings. The van der Waals surface area contributed by atoms with E-state index in [1.165, 1.54) is 18.2 Å². The fourth-order valence-electron chi connectivity index (χ4n) is 1.64. The number of hydrogen-bond donors (Lipinski definition) is 0. The van der Waals surface area contributed by atoms with Gasteiger partial charge in [-0.05, 0) is 22.0 Å². The Bertz CT molecular complexity index is 654. The molecule has 0 saturated heterocycles. The first kappa shape index (κ1) is 15.0. The Labute approximate surface area is 124 Å². The summed E-state index contributed by atoms with van der Waals surface area (Å²) >= 11 is 4.02. The number of hydrogen-bond acceptors (Lipinski definition) is 4. The highest BCUT2D eigenvalue weighted by Gasteiger charge is 2.35. The monoisotopic (exact) mass is 365 g/mol. The van der Waals surface area contributed by atoms with Crippen molar-refractivity contribution < 1.29 is 22.7 Å². The summed E-state index contributed by atoms with van der Waals surface area (Å²) < 4.78 is 43.9. The fourth-order valence-corrected chi connectivity index (χ4v) is 3.12. The van der Waals surface area contributed by atoms with Crippen molar-refractivity contribution in [3.05, 3.63) is 39.4 Å². The van der Waals surface area contributed by atoms with Gasteiger partial charge in [-0.2, -0.15) is 13.2 Å². The van der Waals surface area contributed by atoms with Crippen LogP contribution < -0.4 is 0 Å². The number of rotatable bonds is 2. The van der Waals surface area contributed by atoms with Gasteiger partial charge in [-0.3, -0.25) is 0 Å². The van der Waals surface area contributed by atoms with Gasteiger partial charge in [0.2, 0.25) is 0 Å². The zero-order chi connectivity index (χ0) is 14.9. The molecular formula is C12H7BrF3NO2S. The molecule has 8 heteroatoms. The highest BCUT2D eigenvalue weighted by atomic mass is 79.9. The quantitative estimate of drug-likeness (QED) is 0.741. The Kier molecular flexibility index (Phi) is 4.14. The van der Waals surface area contributed by atoms with E-state index in [-0.39, 0.29) is 16.1 Å². The van der Waals surface area contributed by atoms with Gasteiger partial charge in [0.15, 0.2) is 9.61 Å². The molecule has 3 nitrogen and oxygen atoms in total. The van der Waals surface area contributed by atoms with Gasteiger partial charge in [-0.15, -0.1) is 11.3 Å². The number of halogens is 4. The van der Waals surface area contributed by atoms with Crippen molar-refractivity contribution in [1.82, 2.24) is 4.98 Å². The highest BCUT2D eigenvalue weighted by molar-refractivity contribution is 9.11. The number of nitrogens with zero attached hydrogens (tertiary/aromatic N) is 1. The van der Waals surface area contributed by atoms with Crippen LogP contribution in [0.15, 0.2) is 28.2 Å². The minimum absolute atomic E-state index is 0.0939. The van der Waals surface area contributed by atoms with E-state index in [0.29, 0.717) is 3.92 Å². The molecule has 0 aliphatic rings. The van der Waals surface area contributed by atoms with Crippen molar-refractivity contribution in [2.75, 3.05) is 7.11 Å². The second kappa shape index (κ2) is 5.53. The van der Waals surface area contributed by atoms with Crippen LogP contribution in [0, 0.1) is 0 Å². The van der Waals surface area contributed by atoms with Crippen LogP contribution >= 0.6 is 27.3 Å². The average molecular weight is 366 g/mol. The largest absolute Gasteiger partial charge is 0.464 e. The van der Waals surface area contributed by atoms with Crippen LogP contribution in [0.5, 0.6) is 0 Å². The van der Waals surface area contributed by atoms with Gasteiger partial charge in [0, 0.05) is 5.56 Å². The third kappa shape index (κ3) is 2.85. The van der Waals surface area contributed by atoms with E-state index in [2.05, 4.69) is 25.7 Å². The van der Waals surface area contributed by atoms with Crippen LogP contribution in [0.25, 0.3) is 10.4 Å². The van der Waals surface area contributed by atoms with E-state index in [9.17, 15) is 18.0 Å². The Balaban J connectivity index is 2.67. The van der Waals surface area contributed by atoms with Crippen LogP contribution in [0.2, 0.25) is 0 Å². The van der Waals surface area contributed by atoms with E-state index in [1.807, 2.05) is 0 Å². The molecule has 0 unspecified atom stereocenters. The topological polar surface area (TPSA) is 39.2 Å². The van der Waals surface area contributed by atoms with E-state index in [1.54, 1.807) is 0 Å². The summed E-state index contributed by atoms with van der Waals surface area (Å²) in [7, 11) is 1.15. The molecule has 20 heavy (non-hydrogen) atoms. The fraction of sp³-hybridized carbons (Fsp3) is 0.167. The standard InChI is InChI=1S/C12H7BrF3NO2S/c1-19-10(18)8-9(20-11(13)17-8)6-4-2-3-5-7(6)12(14,15)16/h2-5H,1H3. The molecule has 1 aromatic heterocycles. The summed E-state index contributed by atoms with van der Waals surface area (Å²) in [6, 6.07) is 5.03. The van der Waals surface area contributed by atoms with Gasteiger partial charge in [-0.25, -0.2) is 9.78 Å². The molecule has 0 amide bonds. The van der Waals surface area contributed by atoms with Crippen molar-refractivity contribution in [3.8, 4) is 10.4 Å². The summed E-state index contributed by atoms with van der Waals surface area (Å²) in [5.74, 6) is -0.779. The molecule has 1 heterocycles. The van der Waals surface area contributed by atoms with E-state index < -0.39 is 17.7 Å². The van der Waals surface area contributed by atoms with Crippen molar-refractivity contribution in [2.24, 2.45) is 0 Å². The Morgan fingerprint density at radius 2 is 2.00 bits per heavy atom. The Morgan fingerprint density at radius 3 is 2.60 bits per heavy atom. The highest BCUT2D eigenvalue weighted by Crippen LogP contribution is 2.41. The predicted octanol–water partition coefficient (Wildman–Crippen LogP) is 4.38. The van der Waals surface area contributed by atoms with Gasteiger partial charge in [0.1, 0.15) is 0 Å². The maximum Gasteiger partial charge on any atom is 0.417 e. The lowest BCUT2D eigenvalue weighted by Crippen LogP contribution is -2.08. The summed E-state index contributed by atoms with van der Waals surface area (Å²) in [4.78, 5) is 15.6. The zero-order valence-electron chi connectivity index (χ0n) is 9.99. The number of methoxy groups -OCH3 is 1. The minimum atomic E-state index is -4.51. The van der Waals surface area contributed by atoms with Crippen LogP contribution in [0.1, 0.15) is 16.1 Å². The number of aromatic nitrogens is 1. The first-order chi connectivity index (χ1) is 9.34. The first-order valence-corrected chi connectivity index (χ1v) is 6.86. The molecule has 1 aromatic carbocycles. The molecule has 0 aliphatic carbocycles. The van der Waals surface area contributed by atoms with Crippen LogP contribution in [0.3, 0.4) is 0 Å². The molecule has 0 spiro atoms. The number of carbonyl (C=O) groups is 1. The summed E-state index contributed by atoms with van der Waals surface area (Å²) in [6.45, 7) is 0. The van der Waals surface area contributed by atoms with Gasteiger partial charge in [-0.1, -0.05) is 18.2 Å². The van der Waals surface area contributed by atoms with Crippen molar-refractivity contribution in [3.63, 3.8) is 0 Å². The van der Waals surface area contributed by atoms with E-state index >= 15 is 0 Å². The average Bonchev–Trinajstić information content (AvgIpc) is 2.79. The normalized spacial score (nSPS) is 11.4. The zero-order valence-corrected chi connectivity index (χ0v) is 12.4. The van der Waals surface area contributed by atoms with Crippen molar-refractivity contribution in [2.45, 2.75) is 6.18 Å². The first-order valence-electron chi connectivity index (χ1n) is 5.26. The minimum Gasteiger partial charge on any atom is -0.464 e. The molecular weight excluding hydrogens is 359 g/mol. The molecule has 0 fully saturated rings. The molecule has 106 valence electrons. The van der Waals surface area contributed by atoms with Crippen molar-refractivity contribution in [1.29, 1.82) is 0 Å². The van der Waals surface area contributed by atoms with E-state index in [0.717, 1.165) is 24.5 Å². The SMILES string of the molecule is COC(=O)c1nc(Br)sc1-c1ccccc1C(F)(F)F. The molecule has 0 N–H and O–H groups in total. The lowest BCUT2D eigenvalue weighted by molar-refractivity contribution is -0.137. The maximum atomic E-state index is 13.0. The molecule has 0 saturated carbocycles. The number of ether oxygens (including phenoxy) is 1. The number of carbonyl (C=O) groups excluding carboxylic acids is 1. The Morgan fingerprint density at radius 1 is 1.35 bits per heavy atom. The van der Waals surface area contributed by atoms with Gasteiger partial charge in [0.25, 0.3) is 0 Å².